The third-order valence-electron chi connectivity index (χ3n) is 4.03. The van der Waals surface area contributed by atoms with Gasteiger partial charge in [-0.15, -0.1) is 0 Å². The molecule has 7 heteroatoms. The molecule has 2 aromatic carbocycles. The van der Waals surface area contributed by atoms with Crippen molar-refractivity contribution in [3.63, 3.8) is 0 Å². The number of primary amides is 1. The molecule has 0 aliphatic heterocycles. The van der Waals surface area contributed by atoms with Crippen molar-refractivity contribution in [3.8, 4) is 5.75 Å². The number of carbonyl (C=O) groups is 1. The molecular weight excluding hydrogens is 398 g/mol. The van der Waals surface area contributed by atoms with Crippen LogP contribution in [0.15, 0.2) is 53.4 Å². The Labute approximate surface area is 159 Å². The van der Waals surface area contributed by atoms with Crippen LogP contribution in [0.2, 0.25) is 0 Å². The van der Waals surface area contributed by atoms with E-state index in [2.05, 4.69) is 27.0 Å². The second-order valence-electron chi connectivity index (χ2n) is 6.12. The van der Waals surface area contributed by atoms with Gasteiger partial charge in [0, 0.05) is 17.2 Å². The van der Waals surface area contributed by atoms with Crippen molar-refractivity contribution in [2.24, 2.45) is 5.73 Å². The lowest BCUT2D eigenvalue weighted by Crippen LogP contribution is -2.16. The number of aliphatic hydroxyl groups is 1. The van der Waals surface area contributed by atoms with E-state index in [4.69, 9.17) is 10.5 Å². The van der Waals surface area contributed by atoms with Crippen molar-refractivity contribution in [1.29, 1.82) is 0 Å². The Bertz CT molecular complexity index is 910. The van der Waals surface area contributed by atoms with E-state index in [1.54, 1.807) is 4.57 Å². The van der Waals surface area contributed by atoms with Gasteiger partial charge < -0.3 is 20.1 Å². The predicted octanol–water partition coefficient (Wildman–Crippen LogP) is 3.12. The van der Waals surface area contributed by atoms with E-state index in [9.17, 15) is 9.90 Å². The molecule has 0 fully saturated rings. The quantitative estimate of drug-likeness (QED) is 0.550. The maximum absolute atomic E-state index is 11.0. The van der Waals surface area contributed by atoms with Crippen LogP contribution in [-0.2, 0) is 6.54 Å². The lowest BCUT2D eigenvalue weighted by Gasteiger charge is -2.12. The Kier molecular flexibility index (Phi) is 5.90. The molecule has 3 N–H and O–H groups in total. The molecule has 0 spiro atoms. The molecule has 136 valence electrons. The molecule has 26 heavy (non-hydrogen) atoms. The summed E-state index contributed by atoms with van der Waals surface area (Å²) in [6, 6.07) is 12.1. The molecule has 6 nitrogen and oxygen atoms in total. The number of nitrogens with zero attached hydrogens (tertiary/aromatic N) is 2. The lowest BCUT2D eigenvalue weighted by atomic mass is 10.1. The summed E-state index contributed by atoms with van der Waals surface area (Å²) in [5.74, 6) is 0.240. The van der Waals surface area contributed by atoms with E-state index in [-0.39, 0.29) is 5.69 Å². The number of ether oxygens (including phenoxy) is 1. The monoisotopic (exact) mass is 417 g/mol. The number of rotatable bonds is 8. The minimum absolute atomic E-state index is 0.198. The van der Waals surface area contributed by atoms with Gasteiger partial charge in [-0.05, 0) is 47.9 Å². The Hall–Kier alpha value is -2.38. The number of nitrogens with two attached hydrogens (primary N) is 1. The van der Waals surface area contributed by atoms with E-state index in [0.29, 0.717) is 19.6 Å². The van der Waals surface area contributed by atoms with Crippen LogP contribution in [0.1, 0.15) is 23.3 Å². The van der Waals surface area contributed by atoms with Crippen LogP contribution in [0, 0.1) is 0 Å². The molecule has 1 aromatic heterocycles. The van der Waals surface area contributed by atoms with Gasteiger partial charge in [-0.2, -0.15) is 0 Å². The highest BCUT2D eigenvalue weighted by Gasteiger charge is 2.09. The molecule has 3 rings (SSSR count). The summed E-state index contributed by atoms with van der Waals surface area (Å²) in [7, 11) is 0. The molecule has 1 heterocycles. The maximum Gasteiger partial charge on any atom is 0.268 e. The number of aliphatic hydroxyl groups excluding tert-OH is 1. The molecule has 3 aromatic rings. The zero-order chi connectivity index (χ0) is 18.5. The smallest absolute Gasteiger partial charge is 0.268 e. The number of carbonyl (C=O) groups excluding carboxylic acids is 1. The molecule has 0 saturated carbocycles. The van der Waals surface area contributed by atoms with E-state index >= 15 is 0 Å². The second-order valence-corrected chi connectivity index (χ2v) is 7.03. The number of benzene rings is 2. The SMILES string of the molecule is NC(=O)c1cn(C[C@@H](O)CCCOc2ccc3cc(Br)ccc3c2)cn1. The van der Waals surface area contributed by atoms with Gasteiger partial charge in [0.25, 0.3) is 5.91 Å². The number of aromatic nitrogens is 2. The van der Waals surface area contributed by atoms with Gasteiger partial charge in [0.1, 0.15) is 11.4 Å². The number of hydrogen-bond donors (Lipinski definition) is 2. The van der Waals surface area contributed by atoms with Crippen molar-refractivity contribution in [3.05, 3.63) is 59.1 Å². The first kappa shape index (κ1) is 18.4. The van der Waals surface area contributed by atoms with Gasteiger partial charge in [0.15, 0.2) is 0 Å². The third-order valence-corrected chi connectivity index (χ3v) is 4.52. The van der Waals surface area contributed by atoms with E-state index < -0.39 is 12.0 Å². The van der Waals surface area contributed by atoms with E-state index in [0.717, 1.165) is 27.4 Å². The fraction of sp³-hybridized carbons (Fsp3) is 0.263. The highest BCUT2D eigenvalue weighted by atomic mass is 79.9. The fourth-order valence-electron chi connectivity index (χ4n) is 2.72. The van der Waals surface area contributed by atoms with Crippen molar-refractivity contribution < 1.29 is 14.6 Å². The fourth-order valence-corrected chi connectivity index (χ4v) is 3.09. The van der Waals surface area contributed by atoms with Gasteiger partial charge in [-0.1, -0.05) is 28.1 Å². The predicted molar refractivity (Wildman–Crippen MR) is 103 cm³/mol. The molecule has 0 aliphatic rings. The number of halogens is 1. The maximum atomic E-state index is 11.0. The molecule has 0 bridgehead atoms. The summed E-state index contributed by atoms with van der Waals surface area (Å²) in [6.07, 6.45) is 3.80. The van der Waals surface area contributed by atoms with E-state index in [1.807, 2.05) is 30.3 Å². The summed E-state index contributed by atoms with van der Waals surface area (Å²) in [4.78, 5) is 14.9. The molecule has 1 atom stereocenters. The van der Waals surface area contributed by atoms with Crippen molar-refractivity contribution in [1.82, 2.24) is 9.55 Å². The topological polar surface area (TPSA) is 90.4 Å². The molecule has 0 radical (unpaired) electrons. The van der Waals surface area contributed by atoms with Crippen LogP contribution < -0.4 is 10.5 Å². The zero-order valence-corrected chi connectivity index (χ0v) is 15.7. The van der Waals surface area contributed by atoms with Gasteiger partial charge in [0.2, 0.25) is 0 Å². The largest absolute Gasteiger partial charge is 0.494 e. The zero-order valence-electron chi connectivity index (χ0n) is 14.1. The van der Waals surface area contributed by atoms with Crippen molar-refractivity contribution in [2.75, 3.05) is 6.61 Å². The molecule has 0 saturated heterocycles. The summed E-state index contributed by atoms with van der Waals surface area (Å²) >= 11 is 3.46. The lowest BCUT2D eigenvalue weighted by molar-refractivity contribution is 0.0995. The number of amides is 1. The average Bonchev–Trinajstić information content (AvgIpc) is 3.07. The minimum atomic E-state index is -0.575. The molecule has 1 amide bonds. The first-order valence-corrected chi connectivity index (χ1v) is 9.12. The Morgan fingerprint density at radius 3 is 2.81 bits per heavy atom. The first-order valence-electron chi connectivity index (χ1n) is 8.33. The van der Waals surface area contributed by atoms with Crippen LogP contribution in [0.3, 0.4) is 0 Å². The second kappa shape index (κ2) is 8.33. The highest BCUT2D eigenvalue weighted by molar-refractivity contribution is 9.10. The first-order chi connectivity index (χ1) is 12.5. The van der Waals surface area contributed by atoms with Gasteiger partial charge in [-0.25, -0.2) is 4.98 Å². The standard InChI is InChI=1S/C19H20BrN3O3/c20-15-5-3-14-9-17(6-4-13(14)8-15)26-7-1-2-16(24)10-23-11-18(19(21)25)22-12-23/h3-6,8-9,11-12,16,24H,1-2,7,10H2,(H2,21,25)/t16-/m0/s1. The van der Waals surface area contributed by atoms with Crippen LogP contribution in [0.5, 0.6) is 5.75 Å². The number of hydrogen-bond acceptors (Lipinski definition) is 4. The van der Waals surface area contributed by atoms with Crippen LogP contribution in [0.4, 0.5) is 0 Å². The van der Waals surface area contributed by atoms with Gasteiger partial charge in [0.05, 0.1) is 19.0 Å². The van der Waals surface area contributed by atoms with Crippen LogP contribution >= 0.6 is 15.9 Å². The van der Waals surface area contributed by atoms with Gasteiger partial charge in [-0.3, -0.25) is 4.79 Å². The van der Waals surface area contributed by atoms with Gasteiger partial charge >= 0.3 is 0 Å². The Morgan fingerprint density at radius 2 is 2.04 bits per heavy atom. The van der Waals surface area contributed by atoms with Crippen LogP contribution in [0.25, 0.3) is 10.8 Å². The highest BCUT2D eigenvalue weighted by Crippen LogP contribution is 2.24. The summed E-state index contributed by atoms with van der Waals surface area (Å²) in [6.45, 7) is 0.890. The minimum Gasteiger partial charge on any atom is -0.494 e. The summed E-state index contributed by atoms with van der Waals surface area (Å²) in [5.41, 5.74) is 5.36. The average molecular weight is 418 g/mol. The number of imidazole rings is 1. The summed E-state index contributed by atoms with van der Waals surface area (Å²) < 4.78 is 8.49. The third kappa shape index (κ3) is 4.83. The van der Waals surface area contributed by atoms with E-state index in [1.165, 1.54) is 12.5 Å². The van der Waals surface area contributed by atoms with Crippen LogP contribution in [-0.4, -0.2) is 33.3 Å². The summed E-state index contributed by atoms with van der Waals surface area (Å²) in [5, 5.41) is 12.4. The molecule has 0 unspecified atom stereocenters. The number of fused-ring (bicyclic) bond motifs is 1. The Morgan fingerprint density at radius 1 is 1.27 bits per heavy atom. The molecular formula is C19H20BrN3O3. The molecule has 0 aliphatic carbocycles. The Balaban J connectivity index is 1.44. The van der Waals surface area contributed by atoms with Crippen molar-refractivity contribution in [2.45, 2.75) is 25.5 Å². The normalized spacial score (nSPS) is 12.2. The van der Waals surface area contributed by atoms with Crippen molar-refractivity contribution >= 4 is 32.6 Å².